The van der Waals surface area contributed by atoms with Gasteiger partial charge in [0.2, 0.25) is 20.0 Å². The minimum atomic E-state index is -4.67. The normalized spacial score (nSPS) is 12.8. The maximum absolute atomic E-state index is 12.6. The number of primary sulfonamides is 2. The van der Waals surface area contributed by atoms with Gasteiger partial charge in [-0.25, -0.2) is 35.5 Å². The van der Waals surface area contributed by atoms with Crippen LogP contribution in [0, 0.1) is 0 Å². The SMILES string of the molecule is NS(=O)(=O)c1cc(S(N)(=O)=O)c(NS(=O)(=O)c2cc(Cl)cc(Cl)c2O)cc1Cl. The summed E-state index contributed by atoms with van der Waals surface area (Å²) in [5, 5.41) is 18.7. The van der Waals surface area contributed by atoms with Crippen molar-refractivity contribution in [2.45, 2.75) is 14.7 Å². The molecule has 154 valence electrons. The van der Waals surface area contributed by atoms with Crippen molar-refractivity contribution in [3.05, 3.63) is 39.3 Å². The number of hydrogen-bond acceptors (Lipinski definition) is 7. The predicted molar refractivity (Wildman–Crippen MR) is 103 cm³/mol. The molecule has 2 aromatic carbocycles. The van der Waals surface area contributed by atoms with Crippen LogP contribution in [0.25, 0.3) is 0 Å². The Morgan fingerprint density at radius 1 is 0.750 bits per heavy atom. The van der Waals surface area contributed by atoms with Crippen molar-refractivity contribution in [3.8, 4) is 5.75 Å². The van der Waals surface area contributed by atoms with E-state index in [0.717, 1.165) is 12.1 Å². The van der Waals surface area contributed by atoms with Gasteiger partial charge in [-0.3, -0.25) is 4.72 Å². The van der Waals surface area contributed by atoms with Gasteiger partial charge in [0.15, 0.2) is 5.75 Å². The minimum absolute atomic E-state index is 0.141. The summed E-state index contributed by atoms with van der Waals surface area (Å²) in [4.78, 5) is -2.51. The van der Waals surface area contributed by atoms with E-state index in [1.807, 2.05) is 4.72 Å². The van der Waals surface area contributed by atoms with Gasteiger partial charge in [0.05, 0.1) is 15.7 Å². The number of hydrogen-bond donors (Lipinski definition) is 4. The van der Waals surface area contributed by atoms with Crippen LogP contribution >= 0.6 is 34.8 Å². The van der Waals surface area contributed by atoms with Crippen LogP contribution in [0.15, 0.2) is 39.0 Å². The summed E-state index contributed by atoms with van der Waals surface area (Å²) in [7, 11) is -13.8. The highest BCUT2D eigenvalue weighted by Crippen LogP contribution is 2.37. The van der Waals surface area contributed by atoms with Crippen molar-refractivity contribution in [2.75, 3.05) is 4.72 Å². The lowest BCUT2D eigenvalue weighted by molar-refractivity contribution is 0.459. The molecular weight excluding hydrogens is 501 g/mol. The van der Waals surface area contributed by atoms with Crippen molar-refractivity contribution >= 4 is 70.6 Å². The molecule has 0 atom stereocenters. The van der Waals surface area contributed by atoms with Crippen molar-refractivity contribution < 1.29 is 30.4 Å². The van der Waals surface area contributed by atoms with Gasteiger partial charge in [0.25, 0.3) is 10.0 Å². The fourth-order valence-electron chi connectivity index (χ4n) is 2.01. The molecule has 0 aliphatic heterocycles. The molecule has 6 N–H and O–H groups in total. The highest BCUT2D eigenvalue weighted by atomic mass is 35.5. The van der Waals surface area contributed by atoms with Gasteiger partial charge < -0.3 is 5.11 Å². The van der Waals surface area contributed by atoms with E-state index in [-0.39, 0.29) is 10.0 Å². The first-order valence-electron chi connectivity index (χ1n) is 6.64. The van der Waals surface area contributed by atoms with Gasteiger partial charge in [-0.1, -0.05) is 34.8 Å². The Kier molecular flexibility index (Phi) is 6.15. The largest absolute Gasteiger partial charge is 0.505 e. The third-order valence-corrected chi connectivity index (χ3v) is 7.39. The van der Waals surface area contributed by atoms with E-state index in [9.17, 15) is 30.4 Å². The van der Waals surface area contributed by atoms with Gasteiger partial charge in [-0.15, -0.1) is 0 Å². The Morgan fingerprint density at radius 2 is 1.29 bits per heavy atom. The number of anilines is 1. The molecule has 0 aliphatic carbocycles. The van der Waals surface area contributed by atoms with Crippen LogP contribution in [0.2, 0.25) is 15.1 Å². The molecule has 0 saturated heterocycles. The standard InChI is InChI=1S/C12H10Cl3N3O7S3/c13-5-1-7(15)12(19)11(2-5)28(24,25)18-8-3-6(14)9(26(16,20)21)4-10(8)27(17,22)23/h1-4,18-19H,(H2,16,20,21)(H2,17,22,23). The number of aromatic hydroxyl groups is 1. The molecule has 2 aromatic rings. The summed E-state index contributed by atoms with van der Waals surface area (Å²) in [6.07, 6.45) is 0. The molecule has 0 amide bonds. The first kappa shape index (κ1) is 23.0. The molecule has 0 spiro atoms. The molecule has 0 bridgehead atoms. The number of phenolic OH excluding ortho intramolecular Hbond substituents is 1. The summed E-state index contributed by atoms with van der Waals surface area (Å²) in [5.74, 6) is -0.858. The quantitative estimate of drug-likeness (QED) is 0.468. The molecule has 28 heavy (non-hydrogen) atoms. The Balaban J connectivity index is 2.75. The predicted octanol–water partition coefficient (Wildman–Crippen LogP) is 1.45. The average Bonchev–Trinajstić information content (AvgIpc) is 2.47. The van der Waals surface area contributed by atoms with Crippen LogP contribution in [0.4, 0.5) is 5.69 Å². The molecule has 0 aromatic heterocycles. The number of phenols is 1. The lowest BCUT2D eigenvalue weighted by atomic mass is 10.3. The van der Waals surface area contributed by atoms with Crippen LogP contribution in [0.3, 0.4) is 0 Å². The van der Waals surface area contributed by atoms with Gasteiger partial charge in [-0.05, 0) is 24.3 Å². The van der Waals surface area contributed by atoms with Crippen molar-refractivity contribution in [1.29, 1.82) is 0 Å². The van der Waals surface area contributed by atoms with Crippen LogP contribution < -0.4 is 15.0 Å². The van der Waals surface area contributed by atoms with Crippen molar-refractivity contribution in [1.82, 2.24) is 0 Å². The smallest absolute Gasteiger partial charge is 0.265 e. The maximum Gasteiger partial charge on any atom is 0.265 e. The van der Waals surface area contributed by atoms with Crippen molar-refractivity contribution in [2.24, 2.45) is 10.3 Å². The van der Waals surface area contributed by atoms with Crippen molar-refractivity contribution in [3.63, 3.8) is 0 Å². The van der Waals surface area contributed by atoms with E-state index < -0.39 is 61.2 Å². The molecular formula is C12H10Cl3N3O7S3. The van der Waals surface area contributed by atoms with E-state index >= 15 is 0 Å². The molecule has 10 nitrogen and oxygen atoms in total. The van der Waals surface area contributed by atoms with Crippen LogP contribution in [-0.4, -0.2) is 30.4 Å². The van der Waals surface area contributed by atoms with Gasteiger partial charge in [-0.2, -0.15) is 0 Å². The van der Waals surface area contributed by atoms with E-state index in [1.54, 1.807) is 0 Å². The molecule has 0 aliphatic rings. The Labute approximate surface area is 175 Å². The highest BCUT2D eigenvalue weighted by Gasteiger charge is 2.27. The van der Waals surface area contributed by atoms with E-state index in [0.29, 0.717) is 12.1 Å². The number of nitrogens with one attached hydrogen (secondary N) is 1. The van der Waals surface area contributed by atoms with Gasteiger partial charge in [0.1, 0.15) is 14.7 Å². The van der Waals surface area contributed by atoms with E-state index in [2.05, 4.69) is 0 Å². The highest BCUT2D eigenvalue weighted by molar-refractivity contribution is 7.93. The second-order valence-electron chi connectivity index (χ2n) is 5.21. The summed E-state index contributed by atoms with van der Waals surface area (Å²) in [5.41, 5.74) is -0.699. The number of sulfonamides is 3. The average molecular weight is 511 g/mol. The topological polar surface area (TPSA) is 187 Å². The monoisotopic (exact) mass is 509 g/mol. The van der Waals surface area contributed by atoms with Crippen LogP contribution in [-0.2, 0) is 30.1 Å². The zero-order valence-corrected chi connectivity index (χ0v) is 17.9. The fraction of sp³-hybridized carbons (Fsp3) is 0. The molecule has 16 heteroatoms. The molecule has 0 unspecified atom stereocenters. The lowest BCUT2D eigenvalue weighted by Gasteiger charge is -2.15. The molecule has 0 radical (unpaired) electrons. The zero-order chi connectivity index (χ0) is 21.7. The Morgan fingerprint density at radius 3 is 1.79 bits per heavy atom. The van der Waals surface area contributed by atoms with E-state index in [1.165, 1.54) is 0 Å². The summed E-state index contributed by atoms with van der Waals surface area (Å²) < 4.78 is 73.7. The fourth-order valence-corrected chi connectivity index (χ4v) is 5.78. The van der Waals surface area contributed by atoms with E-state index in [4.69, 9.17) is 45.1 Å². The summed E-state index contributed by atoms with van der Waals surface area (Å²) >= 11 is 17.2. The van der Waals surface area contributed by atoms with Gasteiger partial charge in [0, 0.05) is 5.02 Å². The second kappa shape index (κ2) is 7.50. The van der Waals surface area contributed by atoms with Crippen LogP contribution in [0.5, 0.6) is 5.75 Å². The first-order valence-corrected chi connectivity index (χ1v) is 12.3. The third-order valence-electron chi connectivity index (χ3n) is 3.17. The van der Waals surface area contributed by atoms with Gasteiger partial charge >= 0.3 is 0 Å². The first-order chi connectivity index (χ1) is 12.5. The number of benzene rings is 2. The molecule has 0 heterocycles. The maximum atomic E-state index is 12.6. The Hall–Kier alpha value is -1.32. The second-order valence-corrected chi connectivity index (χ2v) is 11.2. The minimum Gasteiger partial charge on any atom is -0.505 e. The van der Waals surface area contributed by atoms with Crippen LogP contribution in [0.1, 0.15) is 0 Å². The Bertz CT molecular complexity index is 1290. The summed E-state index contributed by atoms with van der Waals surface area (Å²) in [6.45, 7) is 0. The third kappa shape index (κ3) is 4.80. The number of nitrogens with two attached hydrogens (primary N) is 2. The zero-order valence-electron chi connectivity index (χ0n) is 13.2. The lowest BCUT2D eigenvalue weighted by Crippen LogP contribution is -2.21. The number of halogens is 3. The summed E-state index contributed by atoms with van der Waals surface area (Å²) in [6, 6.07) is 3.10. The molecule has 0 saturated carbocycles. The molecule has 0 fully saturated rings. The number of rotatable bonds is 5. The molecule has 2 rings (SSSR count).